The summed E-state index contributed by atoms with van der Waals surface area (Å²) in [4.78, 5) is 15.4. The Morgan fingerprint density at radius 2 is 2.05 bits per heavy atom. The number of nitrogen functional groups attached to an aromatic ring is 1. The molecule has 2 heterocycles. The fourth-order valence-electron chi connectivity index (χ4n) is 2.23. The van der Waals surface area contributed by atoms with Gasteiger partial charge in [-0.25, -0.2) is 0 Å². The minimum absolute atomic E-state index is 0.319. The largest absolute Gasteiger partial charge is 0.385 e. The number of rotatable bonds is 2. The van der Waals surface area contributed by atoms with Crippen molar-refractivity contribution in [3.8, 4) is 10.6 Å². The van der Waals surface area contributed by atoms with Gasteiger partial charge in [0, 0.05) is 4.70 Å². The predicted molar refractivity (Wildman–Crippen MR) is 79.3 cm³/mol. The van der Waals surface area contributed by atoms with Crippen LogP contribution in [0, 0.1) is 6.92 Å². The highest BCUT2D eigenvalue weighted by molar-refractivity contribution is 7.22. The first-order valence-corrected chi connectivity index (χ1v) is 6.66. The third-order valence-electron chi connectivity index (χ3n) is 3.20. The maximum absolute atomic E-state index is 11.2. The number of aromatic nitrogens is 1. The molecule has 2 aromatic heterocycles. The third-order valence-corrected chi connectivity index (χ3v) is 4.51. The number of H-pyrrole nitrogens is 1. The van der Waals surface area contributed by atoms with Crippen molar-refractivity contribution in [3.63, 3.8) is 0 Å². The minimum atomic E-state index is -0.515. The lowest BCUT2D eigenvalue weighted by atomic mass is 10.1. The van der Waals surface area contributed by atoms with E-state index in [1.165, 1.54) is 15.6 Å². The first-order chi connectivity index (χ1) is 9.08. The number of nitrogens with one attached hydrogen (secondary N) is 1. The van der Waals surface area contributed by atoms with Gasteiger partial charge in [-0.3, -0.25) is 4.79 Å². The molecule has 5 N–H and O–H groups in total. The summed E-state index contributed by atoms with van der Waals surface area (Å²) in [5, 5.41) is 1.22. The van der Waals surface area contributed by atoms with Gasteiger partial charge in [-0.15, -0.1) is 11.3 Å². The topological polar surface area (TPSA) is 84.9 Å². The average molecular weight is 271 g/mol. The predicted octanol–water partition coefficient (Wildman–Crippen LogP) is 2.89. The Bertz CT molecular complexity index is 785. The molecule has 1 amide bonds. The molecule has 0 spiro atoms. The Morgan fingerprint density at radius 1 is 1.32 bits per heavy atom. The van der Waals surface area contributed by atoms with Crippen LogP contribution in [0.4, 0.5) is 5.82 Å². The van der Waals surface area contributed by atoms with Crippen molar-refractivity contribution in [2.45, 2.75) is 6.92 Å². The molecule has 4 nitrogen and oxygen atoms in total. The molecule has 0 atom stereocenters. The summed E-state index contributed by atoms with van der Waals surface area (Å²) >= 11 is 1.67. The zero-order chi connectivity index (χ0) is 13.6. The Hall–Kier alpha value is -2.27. The fourth-order valence-corrected chi connectivity index (χ4v) is 3.41. The van der Waals surface area contributed by atoms with Gasteiger partial charge in [0.15, 0.2) is 0 Å². The van der Waals surface area contributed by atoms with Gasteiger partial charge in [-0.1, -0.05) is 18.2 Å². The summed E-state index contributed by atoms with van der Waals surface area (Å²) in [6.45, 7) is 2.06. The molecule has 19 heavy (non-hydrogen) atoms. The monoisotopic (exact) mass is 271 g/mol. The number of nitrogens with two attached hydrogens (primary N) is 2. The SMILES string of the molecule is Cc1c(-c2cc(C(N)=O)c(N)[nH]2)sc2ccccc12. The van der Waals surface area contributed by atoms with Crippen LogP contribution in [-0.4, -0.2) is 10.9 Å². The van der Waals surface area contributed by atoms with Crippen LogP contribution in [0.2, 0.25) is 0 Å². The summed E-state index contributed by atoms with van der Waals surface area (Å²) in [7, 11) is 0. The van der Waals surface area contributed by atoms with Gasteiger partial charge >= 0.3 is 0 Å². The number of aryl methyl sites for hydroxylation is 1. The van der Waals surface area contributed by atoms with Crippen LogP contribution in [-0.2, 0) is 0 Å². The number of anilines is 1. The number of aromatic amines is 1. The molecule has 96 valence electrons. The normalized spacial score (nSPS) is 11.0. The molecule has 0 bridgehead atoms. The van der Waals surface area contributed by atoms with Gasteiger partial charge in [0.1, 0.15) is 5.82 Å². The summed E-state index contributed by atoms with van der Waals surface area (Å²) < 4.78 is 1.21. The standard InChI is InChI=1S/C14H13N3OS/c1-7-8-4-2-3-5-11(8)19-12(7)10-6-9(14(16)18)13(15)17-10/h2-6,17H,15H2,1H3,(H2,16,18). The van der Waals surface area contributed by atoms with Gasteiger partial charge in [0.2, 0.25) is 0 Å². The van der Waals surface area contributed by atoms with Crippen LogP contribution in [0.1, 0.15) is 15.9 Å². The number of hydrogen-bond donors (Lipinski definition) is 3. The Labute approximate surface area is 114 Å². The number of thiophene rings is 1. The number of carbonyl (C=O) groups is 1. The second-order valence-corrected chi connectivity index (χ2v) is 5.48. The average Bonchev–Trinajstić information content (AvgIpc) is 2.91. The smallest absolute Gasteiger partial charge is 0.252 e. The van der Waals surface area contributed by atoms with Gasteiger partial charge in [-0.05, 0) is 30.0 Å². The van der Waals surface area contributed by atoms with Crippen LogP contribution in [0.15, 0.2) is 30.3 Å². The molecule has 0 fully saturated rings. The maximum Gasteiger partial charge on any atom is 0.252 e. The summed E-state index contributed by atoms with van der Waals surface area (Å²) in [6, 6.07) is 9.92. The Balaban J connectivity index is 2.22. The lowest BCUT2D eigenvalue weighted by Crippen LogP contribution is -2.11. The first-order valence-electron chi connectivity index (χ1n) is 5.84. The van der Waals surface area contributed by atoms with Crippen LogP contribution in [0.5, 0.6) is 0 Å². The molecule has 0 aliphatic rings. The summed E-state index contributed by atoms with van der Waals surface area (Å²) in [5.74, 6) is -0.196. The van der Waals surface area contributed by atoms with Crippen LogP contribution in [0.3, 0.4) is 0 Å². The van der Waals surface area contributed by atoms with Crippen LogP contribution in [0.25, 0.3) is 20.7 Å². The van der Waals surface area contributed by atoms with E-state index in [1.54, 1.807) is 17.4 Å². The van der Waals surface area contributed by atoms with E-state index in [0.29, 0.717) is 11.4 Å². The molecule has 5 heteroatoms. The molecule has 3 aromatic rings. The molecular formula is C14H13N3OS. The van der Waals surface area contributed by atoms with Crippen molar-refractivity contribution >= 4 is 33.1 Å². The van der Waals surface area contributed by atoms with E-state index in [2.05, 4.69) is 24.0 Å². The van der Waals surface area contributed by atoms with E-state index in [4.69, 9.17) is 11.5 Å². The van der Waals surface area contributed by atoms with E-state index < -0.39 is 5.91 Å². The highest BCUT2D eigenvalue weighted by Crippen LogP contribution is 2.38. The summed E-state index contributed by atoms with van der Waals surface area (Å²) in [6.07, 6.45) is 0. The second-order valence-electron chi connectivity index (χ2n) is 4.43. The highest BCUT2D eigenvalue weighted by atomic mass is 32.1. The fraction of sp³-hybridized carbons (Fsp3) is 0.0714. The third kappa shape index (κ3) is 1.79. The highest BCUT2D eigenvalue weighted by Gasteiger charge is 2.15. The zero-order valence-electron chi connectivity index (χ0n) is 10.4. The van der Waals surface area contributed by atoms with E-state index in [0.717, 1.165) is 10.6 Å². The van der Waals surface area contributed by atoms with Gasteiger partial charge in [0.05, 0.1) is 16.1 Å². The Kier molecular flexibility index (Phi) is 2.57. The van der Waals surface area contributed by atoms with Crippen molar-refractivity contribution < 1.29 is 4.79 Å². The van der Waals surface area contributed by atoms with Gasteiger partial charge in [0.25, 0.3) is 5.91 Å². The molecule has 0 unspecified atom stereocenters. The van der Waals surface area contributed by atoms with Crippen molar-refractivity contribution in [1.29, 1.82) is 0 Å². The lowest BCUT2D eigenvalue weighted by Gasteiger charge is -1.95. The molecule has 0 saturated carbocycles. The number of amides is 1. The molecule has 0 saturated heterocycles. The van der Waals surface area contributed by atoms with Crippen molar-refractivity contribution in [2.24, 2.45) is 5.73 Å². The molecule has 0 aliphatic heterocycles. The minimum Gasteiger partial charge on any atom is -0.385 e. The maximum atomic E-state index is 11.2. The first kappa shape index (κ1) is 11.8. The number of fused-ring (bicyclic) bond motifs is 1. The lowest BCUT2D eigenvalue weighted by molar-refractivity contribution is 0.100. The van der Waals surface area contributed by atoms with E-state index in [-0.39, 0.29) is 0 Å². The van der Waals surface area contributed by atoms with E-state index in [9.17, 15) is 4.79 Å². The van der Waals surface area contributed by atoms with Gasteiger partial charge < -0.3 is 16.5 Å². The van der Waals surface area contributed by atoms with Crippen molar-refractivity contribution in [2.75, 3.05) is 5.73 Å². The van der Waals surface area contributed by atoms with Crippen LogP contribution >= 0.6 is 11.3 Å². The molecule has 0 radical (unpaired) electrons. The Morgan fingerprint density at radius 3 is 2.68 bits per heavy atom. The quantitative estimate of drug-likeness (QED) is 0.669. The van der Waals surface area contributed by atoms with Crippen molar-refractivity contribution in [1.82, 2.24) is 4.98 Å². The molecule has 0 aliphatic carbocycles. The summed E-state index contributed by atoms with van der Waals surface area (Å²) in [5.41, 5.74) is 13.4. The molecular weight excluding hydrogens is 258 g/mol. The van der Waals surface area contributed by atoms with E-state index in [1.807, 2.05) is 12.1 Å². The van der Waals surface area contributed by atoms with Crippen LogP contribution < -0.4 is 11.5 Å². The van der Waals surface area contributed by atoms with Gasteiger partial charge in [-0.2, -0.15) is 0 Å². The number of benzene rings is 1. The van der Waals surface area contributed by atoms with Crippen molar-refractivity contribution in [3.05, 3.63) is 41.5 Å². The zero-order valence-corrected chi connectivity index (χ0v) is 11.2. The number of carbonyl (C=O) groups excluding carboxylic acids is 1. The number of primary amides is 1. The second kappa shape index (κ2) is 4.13. The molecule has 3 rings (SSSR count). The molecule has 1 aromatic carbocycles. The number of hydrogen-bond acceptors (Lipinski definition) is 3. The van der Waals surface area contributed by atoms with E-state index >= 15 is 0 Å².